The molecule has 1 nitrogen and oxygen atoms in total. The maximum atomic E-state index is 4.03. The molecule has 0 fully saturated rings. The van der Waals surface area contributed by atoms with Crippen LogP contribution in [0, 0.1) is 5.41 Å². The van der Waals surface area contributed by atoms with Crippen molar-refractivity contribution >= 4 is 6.08 Å². The van der Waals surface area contributed by atoms with Gasteiger partial charge < -0.3 is 0 Å². The van der Waals surface area contributed by atoms with Crippen LogP contribution in [0.2, 0.25) is 0 Å². The molecule has 1 aromatic rings. The van der Waals surface area contributed by atoms with Crippen molar-refractivity contribution in [2.24, 2.45) is 5.41 Å². The third-order valence-electron chi connectivity index (χ3n) is 1.46. The molecule has 12 heavy (non-hydrogen) atoms. The second-order valence-corrected chi connectivity index (χ2v) is 3.99. The van der Waals surface area contributed by atoms with E-state index >= 15 is 0 Å². The molecule has 1 rings (SSSR count). The standard InChI is InChI=1S/C11H15N/c1-11(2,3)7-6-10-5-4-8-12-9-10/h4-9H,1-3H3/b7-6+. The predicted molar refractivity (Wildman–Crippen MR) is 52.7 cm³/mol. The van der Waals surface area contributed by atoms with E-state index < -0.39 is 0 Å². The third kappa shape index (κ3) is 3.33. The molecule has 0 spiro atoms. The monoisotopic (exact) mass is 161 g/mol. The molecule has 0 radical (unpaired) electrons. The van der Waals surface area contributed by atoms with Crippen molar-refractivity contribution in [3.63, 3.8) is 0 Å². The van der Waals surface area contributed by atoms with Crippen molar-refractivity contribution in [3.05, 3.63) is 36.2 Å². The Hall–Kier alpha value is -1.11. The van der Waals surface area contributed by atoms with E-state index in [1.54, 1.807) is 6.20 Å². The number of hydrogen-bond acceptors (Lipinski definition) is 1. The molecule has 0 saturated carbocycles. The molecule has 0 saturated heterocycles. The SMILES string of the molecule is CC(C)(C)/C=C/c1cccnc1. The molecular weight excluding hydrogens is 146 g/mol. The second-order valence-electron chi connectivity index (χ2n) is 3.99. The average Bonchev–Trinajstić information content (AvgIpc) is 2.02. The van der Waals surface area contributed by atoms with Gasteiger partial charge in [0.1, 0.15) is 0 Å². The van der Waals surface area contributed by atoms with E-state index in [1.807, 2.05) is 12.3 Å². The van der Waals surface area contributed by atoms with Crippen LogP contribution in [0.5, 0.6) is 0 Å². The van der Waals surface area contributed by atoms with Gasteiger partial charge in [-0.1, -0.05) is 39.0 Å². The minimum Gasteiger partial charge on any atom is -0.264 e. The molecule has 0 atom stereocenters. The van der Waals surface area contributed by atoms with Crippen LogP contribution in [0.15, 0.2) is 30.6 Å². The molecule has 1 aromatic heterocycles. The first-order valence-electron chi connectivity index (χ1n) is 4.17. The van der Waals surface area contributed by atoms with Crippen LogP contribution >= 0.6 is 0 Å². The predicted octanol–water partition coefficient (Wildman–Crippen LogP) is 3.14. The van der Waals surface area contributed by atoms with Crippen molar-refractivity contribution in [2.75, 3.05) is 0 Å². The fraction of sp³-hybridized carbons (Fsp3) is 0.364. The summed E-state index contributed by atoms with van der Waals surface area (Å²) in [5.41, 5.74) is 1.41. The summed E-state index contributed by atoms with van der Waals surface area (Å²) in [5.74, 6) is 0. The van der Waals surface area contributed by atoms with Crippen molar-refractivity contribution in [1.29, 1.82) is 0 Å². The van der Waals surface area contributed by atoms with E-state index in [1.165, 1.54) is 0 Å². The molecule has 0 aliphatic rings. The molecule has 1 heteroatoms. The Labute approximate surface area is 74.2 Å². The van der Waals surface area contributed by atoms with Crippen molar-refractivity contribution in [3.8, 4) is 0 Å². The van der Waals surface area contributed by atoms with Crippen LogP contribution in [0.1, 0.15) is 26.3 Å². The van der Waals surface area contributed by atoms with Gasteiger partial charge >= 0.3 is 0 Å². The lowest BCUT2D eigenvalue weighted by molar-refractivity contribution is 0.547. The Bertz CT molecular complexity index is 254. The first-order valence-corrected chi connectivity index (χ1v) is 4.17. The zero-order valence-electron chi connectivity index (χ0n) is 7.91. The zero-order valence-corrected chi connectivity index (χ0v) is 7.91. The number of aromatic nitrogens is 1. The summed E-state index contributed by atoms with van der Waals surface area (Å²) in [4.78, 5) is 4.03. The molecule has 0 bridgehead atoms. The van der Waals surface area contributed by atoms with Crippen molar-refractivity contribution in [2.45, 2.75) is 20.8 Å². The van der Waals surface area contributed by atoms with E-state index in [2.05, 4.69) is 44.0 Å². The average molecular weight is 161 g/mol. The summed E-state index contributed by atoms with van der Waals surface area (Å²) in [5, 5.41) is 0. The molecule has 0 aliphatic carbocycles. The number of nitrogens with zero attached hydrogens (tertiary/aromatic N) is 1. The maximum absolute atomic E-state index is 4.03. The lowest BCUT2D eigenvalue weighted by Crippen LogP contribution is -1.97. The minimum absolute atomic E-state index is 0.246. The molecule has 64 valence electrons. The first kappa shape index (κ1) is 8.98. The number of pyridine rings is 1. The molecule has 0 N–H and O–H groups in total. The Morgan fingerprint density at radius 1 is 1.33 bits per heavy atom. The number of rotatable bonds is 1. The highest BCUT2D eigenvalue weighted by atomic mass is 14.6. The summed E-state index contributed by atoms with van der Waals surface area (Å²) >= 11 is 0. The quantitative estimate of drug-likeness (QED) is 0.616. The molecule has 0 amide bonds. The topological polar surface area (TPSA) is 12.9 Å². The van der Waals surface area contributed by atoms with Gasteiger partial charge in [0.05, 0.1) is 0 Å². The van der Waals surface area contributed by atoms with Gasteiger partial charge in [-0.05, 0) is 17.0 Å². The largest absolute Gasteiger partial charge is 0.264 e. The normalized spacial score (nSPS) is 12.2. The van der Waals surface area contributed by atoms with Gasteiger partial charge in [0, 0.05) is 12.4 Å². The van der Waals surface area contributed by atoms with Crippen LogP contribution in [0.4, 0.5) is 0 Å². The van der Waals surface area contributed by atoms with Crippen LogP contribution in [0.3, 0.4) is 0 Å². The lowest BCUT2D eigenvalue weighted by atomic mass is 9.95. The molecule has 1 heterocycles. The van der Waals surface area contributed by atoms with E-state index in [4.69, 9.17) is 0 Å². The van der Waals surface area contributed by atoms with Crippen LogP contribution in [-0.4, -0.2) is 4.98 Å². The van der Waals surface area contributed by atoms with Gasteiger partial charge in [-0.2, -0.15) is 0 Å². The van der Waals surface area contributed by atoms with Crippen molar-refractivity contribution < 1.29 is 0 Å². The Morgan fingerprint density at radius 2 is 2.08 bits per heavy atom. The van der Waals surface area contributed by atoms with Gasteiger partial charge in [-0.3, -0.25) is 4.98 Å². The fourth-order valence-corrected chi connectivity index (χ4v) is 0.821. The maximum Gasteiger partial charge on any atom is 0.0340 e. The van der Waals surface area contributed by atoms with Crippen molar-refractivity contribution in [1.82, 2.24) is 4.98 Å². The Morgan fingerprint density at radius 3 is 2.58 bits per heavy atom. The van der Waals surface area contributed by atoms with E-state index in [-0.39, 0.29) is 5.41 Å². The van der Waals surface area contributed by atoms with Crippen LogP contribution in [0.25, 0.3) is 6.08 Å². The van der Waals surface area contributed by atoms with Gasteiger partial charge in [-0.25, -0.2) is 0 Å². The summed E-state index contributed by atoms with van der Waals surface area (Å²) in [6.07, 6.45) is 7.94. The highest BCUT2D eigenvalue weighted by Gasteiger charge is 2.02. The minimum atomic E-state index is 0.246. The summed E-state index contributed by atoms with van der Waals surface area (Å²) in [7, 11) is 0. The van der Waals surface area contributed by atoms with Gasteiger partial charge in [0.15, 0.2) is 0 Å². The van der Waals surface area contributed by atoms with Gasteiger partial charge in [-0.15, -0.1) is 0 Å². The van der Waals surface area contributed by atoms with E-state index in [0.717, 1.165) is 5.56 Å². The second kappa shape index (κ2) is 3.53. The van der Waals surface area contributed by atoms with E-state index in [0.29, 0.717) is 0 Å². The molecular formula is C11H15N. The smallest absolute Gasteiger partial charge is 0.0340 e. The first-order chi connectivity index (χ1) is 5.58. The number of hydrogen-bond donors (Lipinski definition) is 0. The van der Waals surface area contributed by atoms with Gasteiger partial charge in [0.25, 0.3) is 0 Å². The summed E-state index contributed by atoms with van der Waals surface area (Å²) < 4.78 is 0. The summed E-state index contributed by atoms with van der Waals surface area (Å²) in [6, 6.07) is 4.00. The third-order valence-corrected chi connectivity index (χ3v) is 1.46. The summed E-state index contributed by atoms with van der Waals surface area (Å²) in [6.45, 7) is 6.54. The molecule has 0 aromatic carbocycles. The van der Waals surface area contributed by atoms with E-state index in [9.17, 15) is 0 Å². The molecule has 0 unspecified atom stereocenters. The lowest BCUT2D eigenvalue weighted by Gasteiger charge is -2.10. The fourth-order valence-electron chi connectivity index (χ4n) is 0.821. The highest BCUT2D eigenvalue weighted by Crippen LogP contribution is 2.16. The Balaban J connectivity index is 2.71. The van der Waals surface area contributed by atoms with Crippen LogP contribution in [-0.2, 0) is 0 Å². The van der Waals surface area contributed by atoms with Gasteiger partial charge in [0.2, 0.25) is 0 Å². The molecule has 0 aliphatic heterocycles. The number of allylic oxidation sites excluding steroid dienone is 1. The zero-order chi connectivity index (χ0) is 9.03. The Kier molecular flexibility index (Phi) is 2.64. The van der Waals surface area contributed by atoms with Crippen LogP contribution < -0.4 is 0 Å². The highest BCUT2D eigenvalue weighted by molar-refractivity contribution is 5.48.